The molecule has 0 aromatic heterocycles. The highest BCUT2D eigenvalue weighted by atomic mass is 31.2. The van der Waals surface area contributed by atoms with Crippen molar-refractivity contribution in [3.05, 3.63) is 24.3 Å². The third-order valence-electron chi connectivity index (χ3n) is 3.94. The summed E-state index contributed by atoms with van der Waals surface area (Å²) in [4.78, 5) is 13.9. The molecule has 0 aliphatic heterocycles. The molecule has 0 saturated carbocycles. The Morgan fingerprint density at radius 1 is 1.16 bits per heavy atom. The number of carbonyl (C=O) groups is 1. The first kappa shape index (κ1) is 21.7. The van der Waals surface area contributed by atoms with Crippen LogP contribution in [0.25, 0.3) is 0 Å². The van der Waals surface area contributed by atoms with Gasteiger partial charge in [0.25, 0.3) is 0 Å². The van der Waals surface area contributed by atoms with Crippen molar-refractivity contribution in [3.63, 3.8) is 0 Å². The van der Waals surface area contributed by atoms with Crippen LogP contribution in [0.2, 0.25) is 0 Å². The van der Waals surface area contributed by atoms with E-state index in [0.717, 1.165) is 11.4 Å². The van der Waals surface area contributed by atoms with Crippen LogP contribution in [0, 0.1) is 0 Å². The molecule has 1 aromatic rings. The molecule has 0 radical (unpaired) electrons. The first-order chi connectivity index (χ1) is 11.9. The zero-order valence-corrected chi connectivity index (χ0v) is 16.8. The number of hydrogen-bond acceptors (Lipinski definition) is 6. The average Bonchev–Trinajstić information content (AvgIpc) is 2.59. The molecule has 7 heteroatoms. The molecule has 0 spiro atoms. The van der Waals surface area contributed by atoms with Crippen molar-refractivity contribution in [2.24, 2.45) is 0 Å². The normalized spacial score (nSPS) is 12.7. The largest absolute Gasteiger partial charge is 0.497 e. The van der Waals surface area contributed by atoms with Crippen LogP contribution < -0.4 is 9.64 Å². The molecule has 0 heterocycles. The number of methoxy groups -OCH3 is 1. The lowest BCUT2D eigenvalue weighted by atomic mass is 10.1. The van der Waals surface area contributed by atoms with Crippen LogP contribution >= 0.6 is 7.60 Å². The highest BCUT2D eigenvalue weighted by molar-refractivity contribution is 7.53. The number of carbonyl (C=O) groups excluding carboxylic acids is 1. The Labute approximate surface area is 151 Å². The van der Waals surface area contributed by atoms with E-state index in [0.29, 0.717) is 32.3 Å². The Bertz CT molecular complexity index is 565. The second-order valence-electron chi connectivity index (χ2n) is 5.70. The molecule has 1 aromatic carbocycles. The number of anilines is 1. The number of ketones is 1. The molecule has 1 unspecified atom stereocenters. The summed E-state index contributed by atoms with van der Waals surface area (Å²) in [5.41, 5.74) is 0.922. The van der Waals surface area contributed by atoms with Gasteiger partial charge in [-0.15, -0.1) is 0 Å². The van der Waals surface area contributed by atoms with Gasteiger partial charge in [0.05, 0.1) is 32.5 Å². The topological polar surface area (TPSA) is 65.1 Å². The van der Waals surface area contributed by atoms with Gasteiger partial charge < -0.3 is 18.7 Å². The maximum atomic E-state index is 12.6. The predicted molar refractivity (Wildman–Crippen MR) is 101 cm³/mol. The van der Waals surface area contributed by atoms with E-state index in [4.69, 9.17) is 13.8 Å². The Morgan fingerprint density at radius 3 is 2.16 bits per heavy atom. The fourth-order valence-electron chi connectivity index (χ4n) is 2.53. The van der Waals surface area contributed by atoms with E-state index in [1.807, 2.05) is 36.1 Å². The first-order valence-electron chi connectivity index (χ1n) is 8.66. The summed E-state index contributed by atoms with van der Waals surface area (Å²) in [6, 6.07) is 7.29. The van der Waals surface area contributed by atoms with Gasteiger partial charge in [-0.2, -0.15) is 0 Å². The van der Waals surface area contributed by atoms with Crippen LogP contribution in [0.1, 0.15) is 34.1 Å². The summed E-state index contributed by atoms with van der Waals surface area (Å²) in [6.45, 7) is 8.33. The molecular formula is C18H30NO5P. The second-order valence-corrected chi connectivity index (χ2v) is 7.89. The standard InChI is InChI=1S/C18H30NO5P/c1-6-23-25(21,24-7-2)14-8-13-19(15(3)16(4)20)17-9-11-18(22-5)12-10-17/h9-12,15H,6-8,13-14H2,1-5H3. The molecule has 25 heavy (non-hydrogen) atoms. The number of ether oxygens (including phenoxy) is 1. The fourth-order valence-corrected chi connectivity index (χ4v) is 4.18. The van der Waals surface area contributed by atoms with Gasteiger partial charge >= 0.3 is 7.60 Å². The van der Waals surface area contributed by atoms with E-state index >= 15 is 0 Å². The summed E-state index contributed by atoms with van der Waals surface area (Å²) in [6.07, 6.45) is 0.923. The zero-order chi connectivity index (χ0) is 18.9. The van der Waals surface area contributed by atoms with Gasteiger partial charge in [-0.25, -0.2) is 0 Å². The number of rotatable bonds is 12. The van der Waals surface area contributed by atoms with Crippen molar-refractivity contribution in [1.82, 2.24) is 0 Å². The number of benzene rings is 1. The SMILES string of the molecule is CCOP(=O)(CCCN(c1ccc(OC)cc1)C(C)C(C)=O)OCC. The number of hydrogen-bond donors (Lipinski definition) is 0. The highest BCUT2D eigenvalue weighted by Crippen LogP contribution is 2.48. The van der Waals surface area contributed by atoms with Gasteiger partial charge in [-0.1, -0.05) is 0 Å². The van der Waals surface area contributed by atoms with Gasteiger partial charge in [0.2, 0.25) is 0 Å². The summed E-state index contributed by atoms with van der Waals surface area (Å²) in [7, 11) is -1.45. The lowest BCUT2D eigenvalue weighted by Gasteiger charge is -2.30. The van der Waals surface area contributed by atoms with E-state index < -0.39 is 7.60 Å². The van der Waals surface area contributed by atoms with Crippen LogP contribution in [-0.2, 0) is 18.4 Å². The summed E-state index contributed by atoms with van der Waals surface area (Å²) in [5.74, 6) is 0.838. The maximum Gasteiger partial charge on any atom is 0.330 e. The van der Waals surface area contributed by atoms with E-state index in [1.54, 1.807) is 27.9 Å². The molecule has 0 saturated heterocycles. The highest BCUT2D eigenvalue weighted by Gasteiger charge is 2.25. The zero-order valence-electron chi connectivity index (χ0n) is 15.9. The quantitative estimate of drug-likeness (QED) is 0.515. The Kier molecular flexibility index (Phi) is 9.19. The first-order valence-corrected chi connectivity index (χ1v) is 10.4. The summed E-state index contributed by atoms with van der Waals surface area (Å²) in [5, 5.41) is 0. The summed E-state index contributed by atoms with van der Waals surface area (Å²) >= 11 is 0. The smallest absolute Gasteiger partial charge is 0.330 e. The van der Waals surface area contributed by atoms with Crippen molar-refractivity contribution in [2.45, 2.75) is 40.2 Å². The Balaban J connectivity index is 2.83. The van der Waals surface area contributed by atoms with Crippen molar-refractivity contribution in [3.8, 4) is 5.75 Å². The molecule has 1 rings (SSSR count). The maximum absolute atomic E-state index is 12.6. The van der Waals surface area contributed by atoms with Crippen LogP contribution in [0.4, 0.5) is 5.69 Å². The molecule has 0 fully saturated rings. The van der Waals surface area contributed by atoms with Gasteiger partial charge in [0, 0.05) is 12.2 Å². The van der Waals surface area contributed by atoms with E-state index in [-0.39, 0.29) is 11.8 Å². The van der Waals surface area contributed by atoms with Crippen LogP contribution in [0.3, 0.4) is 0 Å². The van der Waals surface area contributed by atoms with Crippen molar-refractivity contribution in [2.75, 3.05) is 37.9 Å². The minimum Gasteiger partial charge on any atom is -0.497 e. The Morgan fingerprint density at radius 2 is 1.72 bits per heavy atom. The van der Waals surface area contributed by atoms with Crippen molar-refractivity contribution in [1.29, 1.82) is 0 Å². The number of nitrogens with zero attached hydrogens (tertiary/aromatic N) is 1. The van der Waals surface area contributed by atoms with Gasteiger partial charge in [0.1, 0.15) is 5.75 Å². The van der Waals surface area contributed by atoms with Gasteiger partial charge in [-0.3, -0.25) is 9.36 Å². The average molecular weight is 371 g/mol. The predicted octanol–water partition coefficient (Wildman–Crippen LogP) is 4.14. The van der Waals surface area contributed by atoms with Crippen molar-refractivity contribution >= 4 is 19.1 Å². The lowest BCUT2D eigenvalue weighted by Crippen LogP contribution is -2.39. The minimum absolute atomic E-state index is 0.0774. The van der Waals surface area contributed by atoms with E-state index in [2.05, 4.69) is 0 Å². The Hall–Kier alpha value is -1.36. The fraction of sp³-hybridized carbons (Fsp3) is 0.611. The monoisotopic (exact) mass is 371 g/mol. The van der Waals surface area contributed by atoms with Gasteiger partial charge in [0.15, 0.2) is 5.78 Å². The third-order valence-corrected chi connectivity index (χ3v) is 6.11. The van der Waals surface area contributed by atoms with Gasteiger partial charge in [-0.05, 0) is 58.4 Å². The van der Waals surface area contributed by atoms with Crippen molar-refractivity contribution < 1.29 is 23.1 Å². The number of Topliss-reactive ketones (excluding diaryl/α,β-unsaturated/α-hetero) is 1. The molecule has 0 aliphatic rings. The molecule has 0 bridgehead atoms. The second kappa shape index (κ2) is 10.6. The minimum atomic E-state index is -3.07. The molecule has 1 atom stereocenters. The van der Waals surface area contributed by atoms with Crippen LogP contribution in [0.5, 0.6) is 5.75 Å². The molecule has 0 N–H and O–H groups in total. The lowest BCUT2D eigenvalue weighted by molar-refractivity contribution is -0.117. The third kappa shape index (κ3) is 6.81. The molecule has 6 nitrogen and oxygen atoms in total. The summed E-state index contributed by atoms with van der Waals surface area (Å²) < 4.78 is 28.4. The molecular weight excluding hydrogens is 341 g/mol. The van der Waals surface area contributed by atoms with Crippen LogP contribution in [-0.4, -0.2) is 44.9 Å². The van der Waals surface area contributed by atoms with E-state index in [1.165, 1.54) is 0 Å². The molecule has 0 aliphatic carbocycles. The van der Waals surface area contributed by atoms with E-state index in [9.17, 15) is 9.36 Å². The van der Waals surface area contributed by atoms with Crippen LogP contribution in [0.15, 0.2) is 24.3 Å². The molecule has 142 valence electrons. The molecule has 0 amide bonds.